The van der Waals surface area contributed by atoms with Crippen LogP contribution in [0, 0.1) is 13.8 Å². The second-order valence-electron chi connectivity index (χ2n) is 4.55. The van der Waals surface area contributed by atoms with Gasteiger partial charge in [0.05, 0.1) is 5.69 Å². The Hall–Kier alpha value is -2.29. The third-order valence-corrected chi connectivity index (χ3v) is 3.26. The normalized spacial score (nSPS) is 11.0. The fourth-order valence-electron chi connectivity index (χ4n) is 2.04. The molecule has 1 aromatic carbocycles. The Balaban J connectivity index is 2.19. The van der Waals surface area contributed by atoms with Crippen LogP contribution in [0.3, 0.4) is 0 Å². The van der Waals surface area contributed by atoms with E-state index >= 15 is 0 Å². The first kappa shape index (κ1) is 10.8. The molecule has 0 saturated heterocycles. The average Bonchev–Trinajstić information content (AvgIpc) is 2.78. The molecule has 0 bridgehead atoms. The van der Waals surface area contributed by atoms with E-state index < -0.39 is 0 Å². The van der Waals surface area contributed by atoms with Gasteiger partial charge in [-0.15, -0.1) is 0 Å². The van der Waals surface area contributed by atoms with Gasteiger partial charge in [-0.1, -0.05) is 12.1 Å². The number of hydrogen-bond acceptors (Lipinski definition) is 2. The van der Waals surface area contributed by atoms with Crippen LogP contribution in [0.1, 0.15) is 11.1 Å². The molecule has 0 spiro atoms. The summed E-state index contributed by atoms with van der Waals surface area (Å²) in [7, 11) is 0. The van der Waals surface area contributed by atoms with E-state index in [2.05, 4.69) is 37.0 Å². The molecule has 3 heteroatoms. The van der Waals surface area contributed by atoms with E-state index in [1.165, 1.54) is 11.1 Å². The smallest absolute Gasteiger partial charge is 0.180 e. The molecule has 0 aliphatic carbocycles. The minimum absolute atomic E-state index is 0.201. The molecule has 0 amide bonds. The molecule has 0 fully saturated rings. The van der Waals surface area contributed by atoms with Gasteiger partial charge in [-0.3, -0.25) is 0 Å². The number of nitrogens with zero attached hydrogens (tertiary/aromatic N) is 2. The first-order chi connectivity index (χ1) is 8.65. The lowest BCUT2D eigenvalue weighted by molar-refractivity contribution is 0.477. The largest absolute Gasteiger partial charge is 0.504 e. The highest BCUT2D eigenvalue weighted by atomic mass is 16.3. The molecular formula is C15H14N2O. The van der Waals surface area contributed by atoms with Gasteiger partial charge in [-0.05, 0) is 43.2 Å². The zero-order chi connectivity index (χ0) is 12.7. The van der Waals surface area contributed by atoms with Crippen molar-refractivity contribution in [3.8, 4) is 17.0 Å². The Kier molecular flexibility index (Phi) is 2.33. The van der Waals surface area contributed by atoms with Crippen molar-refractivity contribution in [2.45, 2.75) is 13.8 Å². The fraction of sp³-hybridized carbons (Fsp3) is 0.133. The maximum Gasteiger partial charge on any atom is 0.180 e. The van der Waals surface area contributed by atoms with Gasteiger partial charge in [0.1, 0.15) is 0 Å². The molecule has 0 aliphatic heterocycles. The first-order valence-corrected chi connectivity index (χ1v) is 5.89. The number of benzene rings is 1. The molecular weight excluding hydrogens is 224 g/mol. The Morgan fingerprint density at radius 1 is 1.11 bits per heavy atom. The lowest BCUT2D eigenvalue weighted by atomic mass is 10.1. The van der Waals surface area contributed by atoms with Gasteiger partial charge in [0.15, 0.2) is 11.4 Å². The zero-order valence-electron chi connectivity index (χ0n) is 10.4. The minimum Gasteiger partial charge on any atom is -0.504 e. The number of aromatic hydroxyl groups is 1. The van der Waals surface area contributed by atoms with Gasteiger partial charge in [0, 0.05) is 18.0 Å². The first-order valence-electron chi connectivity index (χ1n) is 5.89. The molecule has 0 aliphatic rings. The highest BCUT2D eigenvalue weighted by Crippen LogP contribution is 2.24. The Labute approximate surface area is 105 Å². The summed E-state index contributed by atoms with van der Waals surface area (Å²) in [6.45, 7) is 4.18. The summed E-state index contributed by atoms with van der Waals surface area (Å²) in [5.74, 6) is 0.201. The number of hydrogen-bond donors (Lipinski definition) is 1. The summed E-state index contributed by atoms with van der Waals surface area (Å²) >= 11 is 0. The SMILES string of the molecule is Cc1ccc(-c2cn3cccc(O)c3n2)cc1C. The van der Waals surface area contributed by atoms with Crippen molar-refractivity contribution in [2.75, 3.05) is 0 Å². The van der Waals surface area contributed by atoms with Gasteiger partial charge in [-0.25, -0.2) is 4.98 Å². The van der Waals surface area contributed by atoms with E-state index in [4.69, 9.17) is 0 Å². The van der Waals surface area contributed by atoms with Crippen molar-refractivity contribution < 1.29 is 5.11 Å². The van der Waals surface area contributed by atoms with Gasteiger partial charge < -0.3 is 9.51 Å². The van der Waals surface area contributed by atoms with Crippen molar-refractivity contribution in [3.63, 3.8) is 0 Å². The van der Waals surface area contributed by atoms with E-state index in [1.54, 1.807) is 12.1 Å². The predicted octanol–water partition coefficient (Wildman–Crippen LogP) is 3.32. The molecule has 18 heavy (non-hydrogen) atoms. The molecule has 3 nitrogen and oxygen atoms in total. The lowest BCUT2D eigenvalue weighted by Crippen LogP contribution is -1.83. The molecule has 90 valence electrons. The Morgan fingerprint density at radius 2 is 1.94 bits per heavy atom. The van der Waals surface area contributed by atoms with Crippen LogP contribution >= 0.6 is 0 Å². The number of pyridine rings is 1. The summed E-state index contributed by atoms with van der Waals surface area (Å²) in [5, 5.41) is 9.75. The predicted molar refractivity (Wildman–Crippen MR) is 71.8 cm³/mol. The zero-order valence-corrected chi connectivity index (χ0v) is 10.4. The summed E-state index contributed by atoms with van der Waals surface area (Å²) in [5.41, 5.74) is 5.05. The molecule has 2 heterocycles. The number of fused-ring (bicyclic) bond motifs is 1. The summed E-state index contributed by atoms with van der Waals surface area (Å²) in [6.07, 6.45) is 3.81. The molecule has 2 aromatic heterocycles. The molecule has 0 radical (unpaired) electrons. The molecule has 0 saturated carbocycles. The molecule has 0 atom stereocenters. The average molecular weight is 238 g/mol. The van der Waals surface area contributed by atoms with E-state index in [-0.39, 0.29) is 5.75 Å². The summed E-state index contributed by atoms with van der Waals surface area (Å²) in [4.78, 5) is 4.47. The molecule has 0 unspecified atom stereocenters. The van der Waals surface area contributed by atoms with Gasteiger partial charge in [0.25, 0.3) is 0 Å². The van der Waals surface area contributed by atoms with Crippen molar-refractivity contribution in [3.05, 3.63) is 53.9 Å². The van der Waals surface area contributed by atoms with Crippen molar-refractivity contribution in [1.29, 1.82) is 0 Å². The molecule has 1 N–H and O–H groups in total. The van der Waals surface area contributed by atoms with Crippen molar-refractivity contribution in [2.24, 2.45) is 0 Å². The number of rotatable bonds is 1. The maximum atomic E-state index is 9.75. The maximum absolute atomic E-state index is 9.75. The van der Waals surface area contributed by atoms with Gasteiger partial charge >= 0.3 is 0 Å². The van der Waals surface area contributed by atoms with Crippen LogP contribution in [0.5, 0.6) is 5.75 Å². The standard InChI is InChI=1S/C15H14N2O/c1-10-5-6-12(8-11(10)2)13-9-17-7-3-4-14(18)15(17)16-13/h3-9,18H,1-2H3. The minimum atomic E-state index is 0.201. The topological polar surface area (TPSA) is 37.5 Å². The van der Waals surface area contributed by atoms with Crippen LogP contribution in [0.15, 0.2) is 42.7 Å². The quantitative estimate of drug-likeness (QED) is 0.706. The van der Waals surface area contributed by atoms with Crippen LogP contribution in [-0.2, 0) is 0 Å². The van der Waals surface area contributed by atoms with Crippen LogP contribution in [-0.4, -0.2) is 14.5 Å². The number of aryl methyl sites for hydroxylation is 2. The second-order valence-corrected chi connectivity index (χ2v) is 4.55. The fourth-order valence-corrected chi connectivity index (χ4v) is 2.04. The highest BCUT2D eigenvalue weighted by molar-refractivity contribution is 5.66. The van der Waals surface area contributed by atoms with Crippen LogP contribution < -0.4 is 0 Å². The monoisotopic (exact) mass is 238 g/mol. The van der Waals surface area contributed by atoms with Crippen molar-refractivity contribution in [1.82, 2.24) is 9.38 Å². The highest BCUT2D eigenvalue weighted by Gasteiger charge is 2.07. The second kappa shape index (κ2) is 3.88. The van der Waals surface area contributed by atoms with E-state index in [9.17, 15) is 5.11 Å². The molecule has 3 rings (SSSR count). The van der Waals surface area contributed by atoms with E-state index in [0.717, 1.165) is 11.3 Å². The van der Waals surface area contributed by atoms with E-state index in [0.29, 0.717) is 5.65 Å². The van der Waals surface area contributed by atoms with Crippen molar-refractivity contribution >= 4 is 5.65 Å². The van der Waals surface area contributed by atoms with Gasteiger partial charge in [0.2, 0.25) is 0 Å². The van der Waals surface area contributed by atoms with Crippen LogP contribution in [0.4, 0.5) is 0 Å². The molecule has 3 aromatic rings. The number of aromatic nitrogens is 2. The Bertz CT molecular complexity index is 728. The van der Waals surface area contributed by atoms with Gasteiger partial charge in [-0.2, -0.15) is 0 Å². The lowest BCUT2D eigenvalue weighted by Gasteiger charge is -2.01. The summed E-state index contributed by atoms with van der Waals surface area (Å²) in [6, 6.07) is 9.71. The van der Waals surface area contributed by atoms with Crippen LogP contribution in [0.2, 0.25) is 0 Å². The summed E-state index contributed by atoms with van der Waals surface area (Å²) < 4.78 is 1.83. The number of imidazole rings is 1. The van der Waals surface area contributed by atoms with Crippen LogP contribution in [0.25, 0.3) is 16.9 Å². The third kappa shape index (κ3) is 1.64. The third-order valence-electron chi connectivity index (χ3n) is 3.26. The Morgan fingerprint density at radius 3 is 2.67 bits per heavy atom. The van der Waals surface area contributed by atoms with E-state index in [1.807, 2.05) is 16.8 Å².